The molecule has 1 amide bonds. The Morgan fingerprint density at radius 3 is 3.06 bits per heavy atom. The Morgan fingerprint density at radius 2 is 2.28 bits per heavy atom. The largest absolute Gasteiger partial charge is 0.398 e. The average Bonchev–Trinajstić information content (AvgIpc) is 2.83. The molecule has 5 nitrogen and oxygen atoms in total. The number of nitrogens with two attached hydrogens (primary N) is 1. The predicted octanol–water partition coefficient (Wildman–Crippen LogP) is 2.16. The first-order chi connectivity index (χ1) is 8.72. The SMILES string of the molecule is Nc1cc2c(cc1Sc1ncns1)CCC(=O)N2. The molecule has 0 unspecified atom stereocenters. The lowest BCUT2D eigenvalue weighted by molar-refractivity contribution is -0.116. The summed E-state index contributed by atoms with van der Waals surface area (Å²) in [5.74, 6) is 0.0476. The molecule has 2 aromatic rings. The molecular formula is C11H10N4OS2. The number of amides is 1. The van der Waals surface area contributed by atoms with E-state index in [4.69, 9.17) is 5.73 Å². The highest BCUT2D eigenvalue weighted by atomic mass is 32.2. The molecule has 0 aliphatic carbocycles. The molecule has 3 rings (SSSR count). The van der Waals surface area contributed by atoms with Crippen LogP contribution in [0.1, 0.15) is 12.0 Å². The first-order valence-corrected chi connectivity index (χ1v) is 6.98. The van der Waals surface area contributed by atoms with Crippen LogP contribution in [0.15, 0.2) is 27.7 Å². The molecule has 1 aliphatic rings. The van der Waals surface area contributed by atoms with Crippen LogP contribution < -0.4 is 11.1 Å². The second kappa shape index (κ2) is 4.58. The van der Waals surface area contributed by atoms with Crippen molar-refractivity contribution in [2.45, 2.75) is 22.1 Å². The smallest absolute Gasteiger partial charge is 0.224 e. The highest BCUT2D eigenvalue weighted by Gasteiger charge is 2.17. The molecule has 1 aromatic carbocycles. The molecule has 0 atom stereocenters. The van der Waals surface area contributed by atoms with Gasteiger partial charge >= 0.3 is 0 Å². The fourth-order valence-electron chi connectivity index (χ4n) is 1.81. The summed E-state index contributed by atoms with van der Waals surface area (Å²) in [7, 11) is 0. The Balaban J connectivity index is 1.94. The Labute approximate surface area is 112 Å². The third-order valence-electron chi connectivity index (χ3n) is 2.67. The number of hydrogen-bond donors (Lipinski definition) is 2. The minimum absolute atomic E-state index is 0.0476. The zero-order chi connectivity index (χ0) is 12.5. The highest BCUT2D eigenvalue weighted by molar-refractivity contribution is 8.01. The van der Waals surface area contributed by atoms with E-state index in [0.29, 0.717) is 12.1 Å². The normalized spacial score (nSPS) is 14.1. The van der Waals surface area contributed by atoms with E-state index in [9.17, 15) is 4.79 Å². The van der Waals surface area contributed by atoms with Crippen molar-refractivity contribution in [3.8, 4) is 0 Å². The number of nitrogen functional groups attached to an aromatic ring is 1. The van der Waals surface area contributed by atoms with Gasteiger partial charge in [0.25, 0.3) is 0 Å². The number of fused-ring (bicyclic) bond motifs is 1. The number of nitrogens with zero attached hydrogens (tertiary/aromatic N) is 2. The summed E-state index contributed by atoms with van der Waals surface area (Å²) in [6, 6.07) is 3.84. The van der Waals surface area contributed by atoms with Crippen LogP contribution in [0, 0.1) is 0 Å². The summed E-state index contributed by atoms with van der Waals surface area (Å²) in [6.45, 7) is 0. The quantitative estimate of drug-likeness (QED) is 0.823. The van der Waals surface area contributed by atoms with Crippen LogP contribution in [0.5, 0.6) is 0 Å². The van der Waals surface area contributed by atoms with Crippen LogP contribution in [0.25, 0.3) is 0 Å². The number of nitrogens with one attached hydrogen (secondary N) is 1. The van der Waals surface area contributed by atoms with Crippen molar-refractivity contribution in [3.05, 3.63) is 24.0 Å². The van der Waals surface area contributed by atoms with Crippen LogP contribution >= 0.6 is 23.3 Å². The molecular weight excluding hydrogens is 268 g/mol. The lowest BCUT2D eigenvalue weighted by Gasteiger charge is -2.18. The van der Waals surface area contributed by atoms with E-state index in [1.807, 2.05) is 12.1 Å². The average molecular weight is 278 g/mol. The van der Waals surface area contributed by atoms with Gasteiger partial charge in [0.1, 0.15) is 6.33 Å². The van der Waals surface area contributed by atoms with Crippen molar-refractivity contribution in [1.29, 1.82) is 0 Å². The van der Waals surface area contributed by atoms with Crippen LogP contribution in [0.3, 0.4) is 0 Å². The van der Waals surface area contributed by atoms with Crippen LogP contribution in [0.4, 0.5) is 11.4 Å². The van der Waals surface area contributed by atoms with Gasteiger partial charge in [-0.1, -0.05) is 11.8 Å². The number of aryl methyl sites for hydroxylation is 1. The zero-order valence-corrected chi connectivity index (χ0v) is 11.0. The first kappa shape index (κ1) is 11.5. The van der Waals surface area contributed by atoms with Gasteiger partial charge in [-0.3, -0.25) is 4.79 Å². The third kappa shape index (κ3) is 2.19. The molecule has 1 aliphatic heterocycles. The number of carbonyl (C=O) groups is 1. The van der Waals surface area contributed by atoms with Crippen molar-refractivity contribution in [3.63, 3.8) is 0 Å². The standard InChI is InChI=1S/C11H10N4OS2/c12-7-4-8-6(1-2-10(16)15-8)3-9(7)17-11-13-5-14-18-11/h3-5H,1-2,12H2,(H,15,16). The minimum Gasteiger partial charge on any atom is -0.398 e. The van der Waals surface area contributed by atoms with Crippen LogP contribution in [-0.2, 0) is 11.2 Å². The number of benzene rings is 1. The van der Waals surface area contributed by atoms with E-state index < -0.39 is 0 Å². The number of anilines is 2. The van der Waals surface area contributed by atoms with E-state index in [-0.39, 0.29) is 5.91 Å². The fourth-order valence-corrected chi connectivity index (χ4v) is 3.31. The van der Waals surface area contributed by atoms with Gasteiger partial charge in [0.2, 0.25) is 5.91 Å². The van der Waals surface area contributed by atoms with Crippen molar-refractivity contribution in [2.75, 3.05) is 11.1 Å². The summed E-state index contributed by atoms with van der Waals surface area (Å²) in [4.78, 5) is 16.4. The van der Waals surface area contributed by atoms with Gasteiger partial charge in [-0.2, -0.15) is 4.37 Å². The molecule has 0 radical (unpaired) electrons. The minimum atomic E-state index is 0.0476. The van der Waals surface area contributed by atoms with Gasteiger partial charge in [-0.25, -0.2) is 4.98 Å². The van der Waals surface area contributed by atoms with E-state index in [0.717, 1.165) is 26.9 Å². The van der Waals surface area contributed by atoms with E-state index in [1.165, 1.54) is 29.6 Å². The van der Waals surface area contributed by atoms with Gasteiger partial charge < -0.3 is 11.1 Å². The molecule has 2 heterocycles. The Bertz CT molecular complexity index is 597. The molecule has 0 saturated carbocycles. The van der Waals surface area contributed by atoms with E-state index >= 15 is 0 Å². The van der Waals surface area contributed by atoms with E-state index in [2.05, 4.69) is 14.7 Å². The monoisotopic (exact) mass is 278 g/mol. The van der Waals surface area contributed by atoms with Gasteiger partial charge in [0.05, 0.1) is 0 Å². The predicted molar refractivity (Wildman–Crippen MR) is 71.8 cm³/mol. The van der Waals surface area contributed by atoms with Crippen LogP contribution in [0.2, 0.25) is 0 Å². The number of hydrogen-bond acceptors (Lipinski definition) is 6. The van der Waals surface area contributed by atoms with Crippen molar-refractivity contribution < 1.29 is 4.79 Å². The second-order valence-electron chi connectivity index (χ2n) is 3.90. The summed E-state index contributed by atoms with van der Waals surface area (Å²) in [6.07, 6.45) is 2.81. The molecule has 92 valence electrons. The van der Waals surface area contributed by atoms with Crippen molar-refractivity contribution in [1.82, 2.24) is 9.36 Å². The lowest BCUT2D eigenvalue weighted by atomic mass is 10.0. The Morgan fingerprint density at radius 1 is 1.39 bits per heavy atom. The molecule has 0 saturated heterocycles. The summed E-state index contributed by atoms with van der Waals surface area (Å²) in [5, 5.41) is 2.83. The molecule has 18 heavy (non-hydrogen) atoms. The summed E-state index contributed by atoms with van der Waals surface area (Å²) in [5.41, 5.74) is 8.59. The molecule has 7 heteroatoms. The number of aromatic nitrogens is 2. The molecule has 0 spiro atoms. The summed E-state index contributed by atoms with van der Waals surface area (Å²) < 4.78 is 4.82. The van der Waals surface area contributed by atoms with Crippen molar-refractivity contribution >= 4 is 40.6 Å². The van der Waals surface area contributed by atoms with Crippen molar-refractivity contribution in [2.24, 2.45) is 0 Å². The maximum atomic E-state index is 11.3. The fraction of sp³-hybridized carbons (Fsp3) is 0.182. The molecule has 3 N–H and O–H groups in total. The lowest BCUT2D eigenvalue weighted by Crippen LogP contribution is -2.19. The van der Waals surface area contributed by atoms with Gasteiger partial charge in [0.15, 0.2) is 4.34 Å². The first-order valence-electron chi connectivity index (χ1n) is 5.39. The topological polar surface area (TPSA) is 80.9 Å². The number of carbonyl (C=O) groups excluding carboxylic acids is 1. The van der Waals surface area contributed by atoms with Crippen LogP contribution in [-0.4, -0.2) is 15.3 Å². The molecule has 0 bridgehead atoms. The Kier molecular flexibility index (Phi) is 2.92. The van der Waals surface area contributed by atoms with E-state index in [1.54, 1.807) is 0 Å². The maximum Gasteiger partial charge on any atom is 0.224 e. The zero-order valence-electron chi connectivity index (χ0n) is 9.34. The third-order valence-corrected chi connectivity index (χ3v) is 4.46. The summed E-state index contributed by atoms with van der Waals surface area (Å²) >= 11 is 2.84. The second-order valence-corrected chi connectivity index (χ2v) is 5.97. The van der Waals surface area contributed by atoms with Gasteiger partial charge in [-0.15, -0.1) is 0 Å². The highest BCUT2D eigenvalue weighted by Crippen LogP contribution is 2.37. The van der Waals surface area contributed by atoms with Gasteiger partial charge in [-0.05, 0) is 35.6 Å². The van der Waals surface area contributed by atoms with Gasteiger partial charge in [0, 0.05) is 22.7 Å². The maximum absolute atomic E-state index is 11.3. The Hall–Kier alpha value is -1.60. The number of rotatable bonds is 2. The molecule has 1 aromatic heterocycles. The molecule has 0 fully saturated rings.